The molecule has 0 saturated carbocycles. The van der Waals surface area contributed by atoms with Gasteiger partial charge in [0.1, 0.15) is 5.75 Å². The number of halogens is 1. The van der Waals surface area contributed by atoms with Crippen LogP contribution in [-0.2, 0) is 4.79 Å². The van der Waals surface area contributed by atoms with Crippen molar-refractivity contribution < 1.29 is 9.53 Å². The van der Waals surface area contributed by atoms with Crippen LogP contribution in [0, 0.1) is 5.92 Å². The third-order valence-electron chi connectivity index (χ3n) is 2.75. The van der Waals surface area contributed by atoms with Crippen LogP contribution in [0.2, 0.25) is 0 Å². The average Bonchev–Trinajstić information content (AvgIpc) is 2.38. The van der Waals surface area contributed by atoms with E-state index in [0.717, 1.165) is 12.2 Å². The molecule has 0 aliphatic heterocycles. The highest BCUT2D eigenvalue weighted by Gasteiger charge is 2.12. The molecule has 4 nitrogen and oxygen atoms in total. The Morgan fingerprint density at radius 2 is 1.95 bits per heavy atom. The number of rotatable bonds is 8. The molecule has 0 heterocycles. The average molecular weight is 301 g/mol. The number of ether oxygens (including phenoxy) is 1. The van der Waals surface area contributed by atoms with Crippen LogP contribution >= 0.6 is 12.4 Å². The van der Waals surface area contributed by atoms with E-state index in [4.69, 9.17) is 10.5 Å². The molecule has 114 valence electrons. The van der Waals surface area contributed by atoms with Crippen molar-refractivity contribution in [2.45, 2.75) is 32.7 Å². The Hall–Kier alpha value is -1.26. The summed E-state index contributed by atoms with van der Waals surface area (Å²) < 4.78 is 5.48. The summed E-state index contributed by atoms with van der Waals surface area (Å²) in [5.74, 6) is 1.30. The summed E-state index contributed by atoms with van der Waals surface area (Å²) in [5, 5.41) is 2.94. The summed E-state index contributed by atoms with van der Waals surface area (Å²) in [4.78, 5) is 11.7. The molecular formula is C15H25ClN2O2. The van der Waals surface area contributed by atoms with Gasteiger partial charge in [0.25, 0.3) is 0 Å². The molecule has 0 spiro atoms. The first kappa shape index (κ1) is 18.7. The quantitative estimate of drug-likeness (QED) is 0.774. The Morgan fingerprint density at radius 1 is 1.30 bits per heavy atom. The van der Waals surface area contributed by atoms with Crippen molar-refractivity contribution in [3.63, 3.8) is 0 Å². The maximum Gasteiger partial charge on any atom is 0.223 e. The number of hydrogen-bond donors (Lipinski definition) is 2. The Bertz CT molecular complexity index is 371. The fourth-order valence-corrected chi connectivity index (χ4v) is 1.86. The molecule has 1 atom stereocenters. The molecule has 1 aromatic rings. The highest BCUT2D eigenvalue weighted by atomic mass is 35.5. The van der Waals surface area contributed by atoms with Crippen LogP contribution in [0.5, 0.6) is 5.75 Å². The molecule has 0 bridgehead atoms. The van der Waals surface area contributed by atoms with Crippen molar-refractivity contribution in [1.82, 2.24) is 5.32 Å². The van der Waals surface area contributed by atoms with Crippen molar-refractivity contribution in [2.24, 2.45) is 11.7 Å². The minimum Gasteiger partial charge on any atom is -0.493 e. The monoisotopic (exact) mass is 300 g/mol. The number of nitrogens with one attached hydrogen (secondary N) is 1. The molecule has 20 heavy (non-hydrogen) atoms. The Labute approximate surface area is 127 Å². The number of nitrogens with two attached hydrogens (primary N) is 1. The summed E-state index contributed by atoms with van der Waals surface area (Å²) >= 11 is 0. The lowest BCUT2D eigenvalue weighted by Gasteiger charge is -2.18. The van der Waals surface area contributed by atoms with E-state index in [1.54, 1.807) is 0 Å². The standard InChI is InChI=1S/C15H24N2O2.ClH/c1-12(2)10-13(11-16)17-15(18)8-9-19-14-6-4-3-5-7-14;/h3-7,12-13H,8-11,16H2,1-2H3,(H,17,18);1H. The SMILES string of the molecule is CC(C)CC(CN)NC(=O)CCOc1ccccc1.Cl. The molecule has 0 aliphatic rings. The van der Waals surface area contributed by atoms with E-state index < -0.39 is 0 Å². The normalized spacial score (nSPS) is 11.6. The van der Waals surface area contributed by atoms with Gasteiger partial charge in [-0.25, -0.2) is 0 Å². The van der Waals surface area contributed by atoms with Gasteiger partial charge in [-0.05, 0) is 24.5 Å². The number of hydrogen-bond acceptors (Lipinski definition) is 3. The zero-order valence-corrected chi connectivity index (χ0v) is 13.0. The second kappa shape index (κ2) is 10.5. The minimum absolute atomic E-state index is 0. The van der Waals surface area contributed by atoms with E-state index in [9.17, 15) is 4.79 Å². The lowest BCUT2D eigenvalue weighted by atomic mass is 10.0. The van der Waals surface area contributed by atoms with Crippen LogP contribution in [0.3, 0.4) is 0 Å². The molecule has 0 aliphatic carbocycles. The molecule has 1 aromatic carbocycles. The summed E-state index contributed by atoms with van der Waals surface area (Å²) in [6.07, 6.45) is 1.26. The fraction of sp³-hybridized carbons (Fsp3) is 0.533. The molecule has 3 N–H and O–H groups in total. The van der Waals surface area contributed by atoms with Gasteiger partial charge >= 0.3 is 0 Å². The van der Waals surface area contributed by atoms with Crippen LogP contribution in [-0.4, -0.2) is 25.1 Å². The highest BCUT2D eigenvalue weighted by molar-refractivity contribution is 5.85. The molecule has 0 radical (unpaired) electrons. The van der Waals surface area contributed by atoms with Gasteiger partial charge in [0.05, 0.1) is 13.0 Å². The van der Waals surface area contributed by atoms with Crippen molar-refractivity contribution in [1.29, 1.82) is 0 Å². The first-order valence-electron chi connectivity index (χ1n) is 6.79. The van der Waals surface area contributed by atoms with E-state index in [0.29, 0.717) is 25.5 Å². The molecular weight excluding hydrogens is 276 g/mol. The van der Waals surface area contributed by atoms with Crippen LogP contribution in [0.4, 0.5) is 0 Å². The second-order valence-corrected chi connectivity index (χ2v) is 5.04. The molecule has 1 amide bonds. The lowest BCUT2D eigenvalue weighted by molar-refractivity contribution is -0.122. The number of carbonyl (C=O) groups excluding carboxylic acids is 1. The minimum atomic E-state index is -0.00738. The van der Waals surface area contributed by atoms with Crippen molar-refractivity contribution >= 4 is 18.3 Å². The van der Waals surface area contributed by atoms with Gasteiger partial charge in [0.15, 0.2) is 0 Å². The van der Waals surface area contributed by atoms with Crippen molar-refractivity contribution in [3.8, 4) is 5.75 Å². The fourth-order valence-electron chi connectivity index (χ4n) is 1.86. The Kier molecular flexibility index (Phi) is 9.86. The summed E-state index contributed by atoms with van der Waals surface area (Å²) in [6.45, 7) is 5.10. The first-order valence-corrected chi connectivity index (χ1v) is 6.79. The highest BCUT2D eigenvalue weighted by Crippen LogP contribution is 2.08. The molecule has 1 unspecified atom stereocenters. The molecule has 0 aromatic heterocycles. The van der Waals surface area contributed by atoms with Gasteiger partial charge in [-0.1, -0.05) is 32.0 Å². The molecule has 0 saturated heterocycles. The maximum atomic E-state index is 11.7. The number of amides is 1. The molecule has 5 heteroatoms. The van der Waals surface area contributed by atoms with Crippen LogP contribution in [0.1, 0.15) is 26.7 Å². The van der Waals surface area contributed by atoms with Crippen molar-refractivity contribution in [2.75, 3.05) is 13.2 Å². The van der Waals surface area contributed by atoms with Gasteiger partial charge in [-0.2, -0.15) is 0 Å². The Balaban J connectivity index is 0.00000361. The van der Waals surface area contributed by atoms with Crippen LogP contribution in [0.15, 0.2) is 30.3 Å². The number of para-hydroxylation sites is 1. The van der Waals surface area contributed by atoms with E-state index in [2.05, 4.69) is 19.2 Å². The van der Waals surface area contributed by atoms with E-state index in [-0.39, 0.29) is 24.4 Å². The molecule has 1 rings (SSSR count). The predicted octanol–water partition coefficient (Wildman–Crippen LogP) is 2.37. The maximum absolute atomic E-state index is 11.7. The topological polar surface area (TPSA) is 64.3 Å². The van der Waals surface area contributed by atoms with Crippen molar-refractivity contribution in [3.05, 3.63) is 30.3 Å². The Morgan fingerprint density at radius 3 is 2.50 bits per heavy atom. The number of carbonyl (C=O) groups is 1. The van der Waals surface area contributed by atoms with Crippen LogP contribution in [0.25, 0.3) is 0 Å². The zero-order valence-electron chi connectivity index (χ0n) is 12.2. The van der Waals surface area contributed by atoms with Gasteiger partial charge in [0, 0.05) is 12.6 Å². The third-order valence-corrected chi connectivity index (χ3v) is 2.75. The van der Waals surface area contributed by atoms with Gasteiger partial charge in [-0.15, -0.1) is 12.4 Å². The van der Waals surface area contributed by atoms with Gasteiger partial charge < -0.3 is 15.8 Å². The molecule has 0 fully saturated rings. The third kappa shape index (κ3) is 8.02. The van der Waals surface area contributed by atoms with Gasteiger partial charge in [0.2, 0.25) is 5.91 Å². The first-order chi connectivity index (χ1) is 9.11. The zero-order chi connectivity index (χ0) is 14.1. The van der Waals surface area contributed by atoms with Crippen LogP contribution < -0.4 is 15.8 Å². The smallest absolute Gasteiger partial charge is 0.223 e. The van der Waals surface area contributed by atoms with E-state index >= 15 is 0 Å². The predicted molar refractivity (Wildman–Crippen MR) is 84.2 cm³/mol. The second-order valence-electron chi connectivity index (χ2n) is 5.04. The summed E-state index contributed by atoms with van der Waals surface area (Å²) in [6, 6.07) is 9.55. The van der Waals surface area contributed by atoms with E-state index in [1.807, 2.05) is 30.3 Å². The van der Waals surface area contributed by atoms with Gasteiger partial charge in [-0.3, -0.25) is 4.79 Å². The van der Waals surface area contributed by atoms with E-state index in [1.165, 1.54) is 0 Å². The summed E-state index contributed by atoms with van der Waals surface area (Å²) in [7, 11) is 0. The number of benzene rings is 1. The summed E-state index contributed by atoms with van der Waals surface area (Å²) in [5.41, 5.74) is 5.64. The largest absolute Gasteiger partial charge is 0.493 e. The lowest BCUT2D eigenvalue weighted by Crippen LogP contribution is -2.41.